The van der Waals surface area contributed by atoms with E-state index in [-0.39, 0.29) is 24.6 Å². The van der Waals surface area contributed by atoms with Gasteiger partial charge in [0.2, 0.25) is 0 Å². The van der Waals surface area contributed by atoms with E-state index in [1.54, 1.807) is 56.3 Å². The maximum Gasteiger partial charge on any atom is 0.337 e. The SMILES string of the molecule is CCOc1cc([C@@H]2NC(=O)NC(C)=C2C(=O)OC)ccc1OC[C@@H](O)N/N=C\c1cc(Br)c(OCc2ccc(F)cc2)c(OCC)c1. The highest BCUT2D eigenvalue weighted by Crippen LogP contribution is 2.37. The van der Waals surface area contributed by atoms with E-state index in [9.17, 15) is 19.1 Å². The molecule has 0 saturated carbocycles. The first-order valence-corrected chi connectivity index (χ1v) is 15.5. The Morgan fingerprint density at radius 2 is 1.77 bits per heavy atom. The molecular formula is C33H36BrFN4O8. The number of nitrogens with one attached hydrogen (secondary N) is 3. The van der Waals surface area contributed by atoms with Crippen LogP contribution in [0.15, 0.2) is 75.4 Å². The van der Waals surface area contributed by atoms with Gasteiger partial charge < -0.3 is 39.4 Å². The molecule has 0 spiro atoms. The minimum absolute atomic E-state index is 0.183. The van der Waals surface area contributed by atoms with Crippen LogP contribution in [-0.4, -0.2) is 56.5 Å². The summed E-state index contributed by atoms with van der Waals surface area (Å²) in [6.07, 6.45) is 0.316. The zero-order valence-corrected chi connectivity index (χ0v) is 27.9. The minimum atomic E-state index is -1.19. The summed E-state index contributed by atoms with van der Waals surface area (Å²) < 4.78 is 42.1. The Morgan fingerprint density at radius 3 is 2.47 bits per heavy atom. The lowest BCUT2D eigenvalue weighted by atomic mass is 9.95. The Bertz CT molecular complexity index is 1630. The summed E-state index contributed by atoms with van der Waals surface area (Å²) in [7, 11) is 1.27. The number of hydrogen-bond donors (Lipinski definition) is 4. The predicted octanol–water partition coefficient (Wildman–Crippen LogP) is 5.09. The second kappa shape index (κ2) is 16.7. The van der Waals surface area contributed by atoms with E-state index < -0.39 is 24.3 Å². The molecule has 47 heavy (non-hydrogen) atoms. The Kier molecular flexibility index (Phi) is 12.4. The van der Waals surface area contributed by atoms with Gasteiger partial charge in [-0.2, -0.15) is 5.10 Å². The lowest BCUT2D eigenvalue weighted by Gasteiger charge is -2.28. The van der Waals surface area contributed by atoms with Gasteiger partial charge in [0.15, 0.2) is 29.2 Å². The second-order valence-electron chi connectivity index (χ2n) is 10.1. The molecule has 12 nitrogen and oxygen atoms in total. The van der Waals surface area contributed by atoms with Crippen molar-refractivity contribution >= 4 is 34.1 Å². The Morgan fingerprint density at radius 1 is 1.04 bits per heavy atom. The molecule has 3 aromatic carbocycles. The second-order valence-corrected chi connectivity index (χ2v) is 10.9. The summed E-state index contributed by atoms with van der Waals surface area (Å²) in [6.45, 7) is 6.02. The van der Waals surface area contributed by atoms with Gasteiger partial charge in [-0.1, -0.05) is 18.2 Å². The minimum Gasteiger partial charge on any atom is -0.490 e. The van der Waals surface area contributed by atoms with E-state index in [0.29, 0.717) is 57.5 Å². The van der Waals surface area contributed by atoms with Crippen LogP contribution in [0.1, 0.15) is 43.5 Å². The summed E-state index contributed by atoms with van der Waals surface area (Å²) >= 11 is 3.52. The fourth-order valence-corrected chi connectivity index (χ4v) is 5.20. The number of aliphatic hydroxyl groups excluding tert-OH is 1. The topological polar surface area (TPSA) is 149 Å². The van der Waals surface area contributed by atoms with Crippen molar-refractivity contribution < 1.29 is 42.8 Å². The number of halogens is 2. The molecule has 250 valence electrons. The van der Waals surface area contributed by atoms with E-state index in [2.05, 4.69) is 37.1 Å². The number of methoxy groups -OCH3 is 1. The third kappa shape index (κ3) is 9.36. The molecule has 0 radical (unpaired) electrons. The molecule has 14 heteroatoms. The van der Waals surface area contributed by atoms with Crippen molar-refractivity contribution in [1.29, 1.82) is 0 Å². The molecule has 0 aromatic heterocycles. The number of amides is 2. The van der Waals surface area contributed by atoms with Gasteiger partial charge in [0, 0.05) is 5.70 Å². The monoisotopic (exact) mass is 714 g/mol. The maximum absolute atomic E-state index is 13.2. The number of allylic oxidation sites excluding steroid dienone is 1. The number of benzene rings is 3. The van der Waals surface area contributed by atoms with Gasteiger partial charge in [-0.3, -0.25) is 5.43 Å². The van der Waals surface area contributed by atoms with Gasteiger partial charge >= 0.3 is 12.0 Å². The van der Waals surface area contributed by atoms with Crippen LogP contribution < -0.4 is 35.0 Å². The number of aliphatic hydroxyl groups is 1. The standard InChI is InChI=1S/C33H36BrFN4O8/c1-5-44-26-15-22(30-29(32(41)43-4)19(3)37-33(42)38-30)9-12-25(26)46-18-28(40)39-36-16-21-13-24(34)31(27(14-21)45-6-2)47-17-20-7-10-23(35)11-8-20/h7-16,28,30,39-40H,5-6,17-18H2,1-4H3,(H2,37,38,42)/b36-16-/t28-,30+/m1/s1. The van der Waals surface area contributed by atoms with Crippen molar-refractivity contribution in [2.24, 2.45) is 5.10 Å². The molecule has 3 aromatic rings. The molecule has 2 amide bonds. The van der Waals surface area contributed by atoms with Crippen LogP contribution in [0.3, 0.4) is 0 Å². The van der Waals surface area contributed by atoms with Crippen LogP contribution >= 0.6 is 15.9 Å². The molecule has 4 N–H and O–H groups in total. The van der Waals surface area contributed by atoms with E-state index >= 15 is 0 Å². The highest BCUT2D eigenvalue weighted by molar-refractivity contribution is 9.10. The van der Waals surface area contributed by atoms with Crippen LogP contribution in [0.2, 0.25) is 0 Å². The van der Waals surface area contributed by atoms with Crippen molar-refractivity contribution in [3.63, 3.8) is 0 Å². The zero-order chi connectivity index (χ0) is 33.9. The normalized spacial score (nSPS) is 15.0. The lowest BCUT2D eigenvalue weighted by Crippen LogP contribution is -2.45. The molecule has 1 aliphatic rings. The highest BCUT2D eigenvalue weighted by Gasteiger charge is 2.32. The van der Waals surface area contributed by atoms with Crippen molar-refractivity contribution in [3.05, 3.63) is 92.8 Å². The molecule has 0 aliphatic carbocycles. The van der Waals surface area contributed by atoms with Gasteiger partial charge in [-0.05, 0) is 89.8 Å². The molecule has 2 atom stereocenters. The fourth-order valence-electron chi connectivity index (χ4n) is 4.62. The summed E-state index contributed by atoms with van der Waals surface area (Å²) in [6, 6.07) is 13.3. The number of rotatable bonds is 15. The number of hydrogen-bond acceptors (Lipinski definition) is 10. The molecule has 0 fully saturated rings. The van der Waals surface area contributed by atoms with E-state index in [1.807, 2.05) is 6.92 Å². The predicted molar refractivity (Wildman–Crippen MR) is 175 cm³/mol. The van der Waals surface area contributed by atoms with Crippen LogP contribution in [0, 0.1) is 5.82 Å². The van der Waals surface area contributed by atoms with Crippen LogP contribution in [0.25, 0.3) is 0 Å². The van der Waals surface area contributed by atoms with Crippen molar-refractivity contribution in [2.45, 2.75) is 39.6 Å². The van der Waals surface area contributed by atoms with Crippen LogP contribution in [0.4, 0.5) is 9.18 Å². The van der Waals surface area contributed by atoms with Gasteiger partial charge in [0.05, 0.1) is 42.6 Å². The summed E-state index contributed by atoms with van der Waals surface area (Å²) in [5.41, 5.74) is 5.28. The number of carbonyl (C=O) groups is 2. The molecule has 0 saturated heterocycles. The molecular weight excluding hydrogens is 679 g/mol. The summed E-state index contributed by atoms with van der Waals surface area (Å²) in [4.78, 5) is 24.6. The first kappa shape index (κ1) is 35.0. The van der Waals surface area contributed by atoms with Gasteiger partial charge in [-0.15, -0.1) is 0 Å². The molecule has 4 rings (SSSR count). The van der Waals surface area contributed by atoms with Crippen molar-refractivity contribution in [1.82, 2.24) is 16.1 Å². The molecule has 0 unspecified atom stereocenters. The average molecular weight is 716 g/mol. The smallest absolute Gasteiger partial charge is 0.337 e. The van der Waals surface area contributed by atoms with Gasteiger partial charge in [0.25, 0.3) is 0 Å². The third-order valence-corrected chi connectivity index (χ3v) is 7.33. The number of urea groups is 1. The number of carbonyl (C=O) groups excluding carboxylic acids is 2. The highest BCUT2D eigenvalue weighted by atomic mass is 79.9. The number of ether oxygens (including phenoxy) is 5. The van der Waals surface area contributed by atoms with Gasteiger partial charge in [0.1, 0.15) is 19.0 Å². The average Bonchev–Trinajstić information content (AvgIpc) is 3.04. The molecule has 1 aliphatic heterocycles. The van der Waals surface area contributed by atoms with E-state index in [0.717, 1.165) is 5.56 Å². The zero-order valence-electron chi connectivity index (χ0n) is 26.3. The Balaban J connectivity index is 1.40. The number of nitrogens with zero attached hydrogens (tertiary/aromatic N) is 1. The maximum atomic E-state index is 13.2. The van der Waals surface area contributed by atoms with Crippen LogP contribution in [0.5, 0.6) is 23.0 Å². The molecule has 0 bridgehead atoms. The third-order valence-electron chi connectivity index (χ3n) is 6.74. The molecule has 1 heterocycles. The van der Waals surface area contributed by atoms with Crippen LogP contribution in [-0.2, 0) is 16.1 Å². The van der Waals surface area contributed by atoms with Crippen molar-refractivity contribution in [2.75, 3.05) is 26.9 Å². The van der Waals surface area contributed by atoms with E-state index in [1.165, 1.54) is 25.5 Å². The first-order chi connectivity index (χ1) is 22.6. The number of esters is 1. The summed E-state index contributed by atoms with van der Waals surface area (Å²) in [5.74, 6) is 0.752. The number of hydrazone groups is 1. The van der Waals surface area contributed by atoms with Gasteiger partial charge in [-0.25, -0.2) is 14.0 Å². The fraction of sp³-hybridized carbons (Fsp3) is 0.303. The van der Waals surface area contributed by atoms with E-state index in [4.69, 9.17) is 23.7 Å². The Labute approximate surface area is 280 Å². The Hall–Kier alpha value is -4.82. The van der Waals surface area contributed by atoms with Crippen molar-refractivity contribution in [3.8, 4) is 23.0 Å². The first-order valence-electron chi connectivity index (χ1n) is 14.7. The largest absolute Gasteiger partial charge is 0.490 e. The lowest BCUT2D eigenvalue weighted by molar-refractivity contribution is -0.136. The summed E-state index contributed by atoms with van der Waals surface area (Å²) in [5, 5.41) is 19.9. The quantitative estimate of drug-likeness (QED) is 0.0732.